The van der Waals surface area contributed by atoms with Gasteiger partial charge in [-0.15, -0.1) is 0 Å². The molecule has 1 N–H and O–H groups in total. The minimum absolute atomic E-state index is 0.122. The van der Waals surface area contributed by atoms with Crippen LogP contribution in [0.5, 0.6) is 5.75 Å². The van der Waals surface area contributed by atoms with Crippen molar-refractivity contribution in [3.8, 4) is 5.75 Å². The Morgan fingerprint density at radius 3 is 2.45 bits per heavy atom. The van der Waals surface area contributed by atoms with Crippen LogP contribution in [-0.4, -0.2) is 37.0 Å². The number of benzene rings is 2. The van der Waals surface area contributed by atoms with Crippen molar-refractivity contribution in [3.63, 3.8) is 0 Å². The molecule has 0 aromatic heterocycles. The van der Waals surface area contributed by atoms with Crippen molar-refractivity contribution in [1.82, 2.24) is 4.90 Å². The number of nitrogens with zero attached hydrogens (tertiary/aromatic N) is 1. The van der Waals surface area contributed by atoms with Crippen molar-refractivity contribution < 1.29 is 9.53 Å². The summed E-state index contributed by atoms with van der Waals surface area (Å²) in [5, 5.41) is 3.20. The van der Waals surface area contributed by atoms with Gasteiger partial charge in [0, 0.05) is 12.2 Å². The van der Waals surface area contributed by atoms with E-state index < -0.39 is 5.41 Å². The number of aryl methyl sites for hydroxylation is 1. The fourth-order valence-corrected chi connectivity index (χ4v) is 5.11. The van der Waals surface area contributed by atoms with Gasteiger partial charge in [0.1, 0.15) is 5.75 Å². The Morgan fingerprint density at radius 2 is 1.74 bits per heavy atom. The summed E-state index contributed by atoms with van der Waals surface area (Å²) in [7, 11) is 0. The first-order valence-electron chi connectivity index (χ1n) is 12.0. The van der Waals surface area contributed by atoms with Crippen molar-refractivity contribution in [2.24, 2.45) is 0 Å². The molecule has 1 heterocycles. The molecule has 4 heteroatoms. The Hall–Kier alpha value is -2.33. The lowest BCUT2D eigenvalue weighted by Gasteiger charge is -2.36. The summed E-state index contributed by atoms with van der Waals surface area (Å²) >= 11 is 0. The third-order valence-corrected chi connectivity index (χ3v) is 6.91. The zero-order valence-electron chi connectivity index (χ0n) is 18.9. The molecule has 0 spiro atoms. The Balaban J connectivity index is 1.35. The fraction of sp³-hybridized carbons (Fsp3) is 0.519. The summed E-state index contributed by atoms with van der Waals surface area (Å²) in [6.07, 6.45) is 8.97. The number of amides is 1. The Bertz CT molecular complexity index is 850. The van der Waals surface area contributed by atoms with Crippen LogP contribution in [-0.2, 0) is 10.2 Å². The molecule has 2 fully saturated rings. The number of hydrogen-bond acceptors (Lipinski definition) is 3. The quantitative estimate of drug-likeness (QED) is 0.557. The highest BCUT2D eigenvalue weighted by Gasteiger charge is 2.41. The van der Waals surface area contributed by atoms with Crippen LogP contribution in [0.15, 0.2) is 48.5 Å². The van der Waals surface area contributed by atoms with Gasteiger partial charge >= 0.3 is 0 Å². The van der Waals surface area contributed by atoms with Gasteiger partial charge in [0.05, 0.1) is 12.0 Å². The van der Waals surface area contributed by atoms with E-state index in [0.717, 1.165) is 62.3 Å². The van der Waals surface area contributed by atoms with E-state index in [0.29, 0.717) is 0 Å². The minimum atomic E-state index is -0.422. The van der Waals surface area contributed by atoms with Crippen LogP contribution in [0.1, 0.15) is 62.5 Å². The van der Waals surface area contributed by atoms with Gasteiger partial charge in [0.2, 0.25) is 5.91 Å². The van der Waals surface area contributed by atoms with Gasteiger partial charge in [0.25, 0.3) is 0 Å². The number of ether oxygens (including phenoxy) is 1. The molecule has 0 atom stereocenters. The summed E-state index contributed by atoms with van der Waals surface area (Å²) < 4.78 is 5.91. The Labute approximate surface area is 187 Å². The highest BCUT2D eigenvalue weighted by Crippen LogP contribution is 2.40. The summed E-state index contributed by atoms with van der Waals surface area (Å²) in [5.41, 5.74) is 2.78. The smallest absolute Gasteiger partial charge is 0.235 e. The molecule has 1 saturated heterocycles. The second-order valence-corrected chi connectivity index (χ2v) is 9.24. The molecule has 2 aromatic carbocycles. The lowest BCUT2D eigenvalue weighted by Crippen LogP contribution is -2.42. The Morgan fingerprint density at radius 1 is 1.00 bits per heavy atom. The second kappa shape index (κ2) is 10.3. The highest BCUT2D eigenvalue weighted by molar-refractivity contribution is 5.99. The molecule has 4 rings (SSSR count). The second-order valence-electron chi connectivity index (χ2n) is 9.24. The maximum atomic E-state index is 13.5. The van der Waals surface area contributed by atoms with Crippen LogP contribution >= 0.6 is 0 Å². The van der Waals surface area contributed by atoms with Gasteiger partial charge in [-0.05, 0) is 81.9 Å². The SMILES string of the molecule is Cc1cccc(C2(C(=O)Nc3ccc(OCCCN4CCCC4)cc3)CCCCC2)c1. The lowest BCUT2D eigenvalue weighted by molar-refractivity contribution is -0.122. The van der Waals surface area contributed by atoms with Crippen molar-refractivity contribution in [3.05, 3.63) is 59.7 Å². The van der Waals surface area contributed by atoms with E-state index in [4.69, 9.17) is 4.74 Å². The standard InChI is InChI=1S/C27H36N2O2/c1-22-9-7-10-23(21-22)27(15-3-2-4-16-27)26(30)28-24-11-13-25(14-12-24)31-20-8-19-29-17-5-6-18-29/h7,9-14,21H,2-6,8,15-20H2,1H3,(H,28,30). The third kappa shape index (κ3) is 5.48. The number of likely N-dealkylation sites (tertiary alicyclic amines) is 1. The molecule has 1 aliphatic heterocycles. The average molecular weight is 421 g/mol. The summed E-state index contributed by atoms with van der Waals surface area (Å²) in [6.45, 7) is 6.42. The average Bonchev–Trinajstić information content (AvgIpc) is 3.32. The molecule has 31 heavy (non-hydrogen) atoms. The molecule has 2 aromatic rings. The van der Waals surface area contributed by atoms with E-state index in [-0.39, 0.29) is 5.91 Å². The molecule has 0 bridgehead atoms. The van der Waals surface area contributed by atoms with Gasteiger partial charge in [0.15, 0.2) is 0 Å². The summed E-state index contributed by atoms with van der Waals surface area (Å²) in [5.74, 6) is 0.988. The maximum Gasteiger partial charge on any atom is 0.235 e. The number of nitrogens with one attached hydrogen (secondary N) is 1. The van der Waals surface area contributed by atoms with Crippen LogP contribution in [0.3, 0.4) is 0 Å². The van der Waals surface area contributed by atoms with E-state index in [2.05, 4.69) is 41.4 Å². The topological polar surface area (TPSA) is 41.6 Å². The fourth-order valence-electron chi connectivity index (χ4n) is 5.11. The number of carbonyl (C=O) groups excluding carboxylic acids is 1. The van der Waals surface area contributed by atoms with E-state index in [1.165, 1.54) is 37.9 Å². The largest absolute Gasteiger partial charge is 0.494 e. The first-order chi connectivity index (χ1) is 15.2. The number of hydrogen-bond donors (Lipinski definition) is 1. The van der Waals surface area contributed by atoms with Crippen molar-refractivity contribution in [2.75, 3.05) is 31.6 Å². The predicted octanol–water partition coefficient (Wildman–Crippen LogP) is 5.70. The zero-order valence-corrected chi connectivity index (χ0v) is 18.9. The van der Waals surface area contributed by atoms with E-state index in [9.17, 15) is 4.79 Å². The molecule has 1 amide bonds. The normalized spacial score (nSPS) is 18.6. The van der Waals surface area contributed by atoms with Crippen LogP contribution in [0.2, 0.25) is 0 Å². The van der Waals surface area contributed by atoms with Crippen LogP contribution < -0.4 is 10.1 Å². The molecule has 0 unspecified atom stereocenters. The predicted molar refractivity (Wildman–Crippen MR) is 127 cm³/mol. The van der Waals surface area contributed by atoms with Crippen molar-refractivity contribution in [2.45, 2.75) is 63.7 Å². The molecule has 166 valence electrons. The summed E-state index contributed by atoms with van der Waals surface area (Å²) in [4.78, 5) is 16.0. The van der Waals surface area contributed by atoms with Crippen LogP contribution in [0.25, 0.3) is 0 Å². The van der Waals surface area contributed by atoms with Gasteiger partial charge in [-0.2, -0.15) is 0 Å². The van der Waals surface area contributed by atoms with Gasteiger partial charge in [-0.1, -0.05) is 49.1 Å². The van der Waals surface area contributed by atoms with Gasteiger partial charge in [-0.25, -0.2) is 0 Å². The number of rotatable bonds is 8. The number of carbonyl (C=O) groups is 1. The molecular weight excluding hydrogens is 384 g/mol. The first-order valence-corrected chi connectivity index (χ1v) is 12.0. The van der Waals surface area contributed by atoms with E-state index >= 15 is 0 Å². The molecular formula is C27H36N2O2. The third-order valence-electron chi connectivity index (χ3n) is 6.91. The zero-order chi connectivity index (χ0) is 21.5. The Kier molecular flexibility index (Phi) is 7.29. The molecule has 1 aliphatic carbocycles. The molecule has 4 nitrogen and oxygen atoms in total. The van der Waals surface area contributed by atoms with Crippen molar-refractivity contribution >= 4 is 11.6 Å². The minimum Gasteiger partial charge on any atom is -0.494 e. The van der Waals surface area contributed by atoms with Crippen molar-refractivity contribution in [1.29, 1.82) is 0 Å². The van der Waals surface area contributed by atoms with E-state index in [1.54, 1.807) is 0 Å². The molecule has 0 radical (unpaired) electrons. The maximum absolute atomic E-state index is 13.5. The van der Waals surface area contributed by atoms with Gasteiger partial charge < -0.3 is 15.0 Å². The summed E-state index contributed by atoms with van der Waals surface area (Å²) in [6, 6.07) is 16.3. The first kappa shape index (κ1) is 21.9. The monoisotopic (exact) mass is 420 g/mol. The van der Waals surface area contributed by atoms with Crippen LogP contribution in [0, 0.1) is 6.92 Å². The van der Waals surface area contributed by atoms with Gasteiger partial charge in [-0.3, -0.25) is 4.79 Å². The number of anilines is 1. The highest BCUT2D eigenvalue weighted by atomic mass is 16.5. The molecule has 1 saturated carbocycles. The molecule has 2 aliphatic rings. The van der Waals surface area contributed by atoms with E-state index in [1.807, 2.05) is 24.3 Å². The van der Waals surface area contributed by atoms with Crippen LogP contribution in [0.4, 0.5) is 5.69 Å². The lowest BCUT2D eigenvalue weighted by atomic mass is 9.68.